The SMILES string of the molecule is COC1CN(C(=O)C(N)CC(N)=O)CC1OC. The molecule has 2 amide bonds. The van der Waals surface area contributed by atoms with Crippen LogP contribution in [-0.2, 0) is 19.1 Å². The zero-order valence-electron chi connectivity index (χ0n) is 10.1. The highest BCUT2D eigenvalue weighted by molar-refractivity contribution is 5.87. The molecule has 1 rings (SSSR count). The molecule has 1 fully saturated rings. The lowest BCUT2D eigenvalue weighted by Crippen LogP contribution is -2.45. The summed E-state index contributed by atoms with van der Waals surface area (Å²) >= 11 is 0. The molecule has 0 aliphatic carbocycles. The number of nitrogens with zero attached hydrogens (tertiary/aromatic N) is 1. The number of likely N-dealkylation sites (tertiary alicyclic amines) is 1. The van der Waals surface area contributed by atoms with Crippen LogP contribution in [0, 0.1) is 0 Å². The van der Waals surface area contributed by atoms with E-state index in [1.807, 2.05) is 0 Å². The fourth-order valence-electron chi connectivity index (χ4n) is 1.92. The maximum Gasteiger partial charge on any atom is 0.240 e. The minimum Gasteiger partial charge on any atom is -0.377 e. The smallest absolute Gasteiger partial charge is 0.240 e. The van der Waals surface area contributed by atoms with Gasteiger partial charge >= 0.3 is 0 Å². The Morgan fingerprint density at radius 2 is 1.76 bits per heavy atom. The summed E-state index contributed by atoms with van der Waals surface area (Å²) < 4.78 is 10.4. The predicted molar refractivity (Wildman–Crippen MR) is 60.0 cm³/mol. The molecule has 0 saturated carbocycles. The van der Waals surface area contributed by atoms with E-state index in [1.165, 1.54) is 4.90 Å². The van der Waals surface area contributed by atoms with Gasteiger partial charge in [0.05, 0.1) is 12.5 Å². The van der Waals surface area contributed by atoms with Crippen LogP contribution in [0.2, 0.25) is 0 Å². The second-order valence-corrected chi connectivity index (χ2v) is 4.07. The van der Waals surface area contributed by atoms with Crippen LogP contribution >= 0.6 is 0 Å². The highest BCUT2D eigenvalue weighted by atomic mass is 16.5. The Labute approximate surface area is 100 Å². The van der Waals surface area contributed by atoms with Crippen LogP contribution in [0.25, 0.3) is 0 Å². The Balaban J connectivity index is 2.57. The molecule has 1 saturated heterocycles. The van der Waals surface area contributed by atoms with Crippen LogP contribution in [0.5, 0.6) is 0 Å². The van der Waals surface area contributed by atoms with Gasteiger partial charge in [-0.25, -0.2) is 0 Å². The minimum absolute atomic E-state index is 0.148. The third-order valence-electron chi connectivity index (χ3n) is 2.87. The first kappa shape index (κ1) is 13.9. The van der Waals surface area contributed by atoms with Crippen LogP contribution in [0.4, 0.5) is 0 Å². The van der Waals surface area contributed by atoms with Gasteiger partial charge in [-0.1, -0.05) is 0 Å². The molecular formula is C10H19N3O4. The highest BCUT2D eigenvalue weighted by Crippen LogP contribution is 2.16. The maximum atomic E-state index is 11.9. The number of primary amides is 1. The zero-order chi connectivity index (χ0) is 13.0. The summed E-state index contributed by atoms with van der Waals surface area (Å²) in [5, 5.41) is 0. The molecule has 1 aliphatic heterocycles. The third-order valence-corrected chi connectivity index (χ3v) is 2.87. The van der Waals surface area contributed by atoms with E-state index in [9.17, 15) is 9.59 Å². The standard InChI is InChI=1S/C10H19N3O4/c1-16-7-4-13(5-8(7)17-2)10(15)6(11)3-9(12)14/h6-8H,3-5,11H2,1-2H3,(H2,12,14). The number of carbonyl (C=O) groups is 2. The maximum absolute atomic E-state index is 11.9. The van der Waals surface area contributed by atoms with E-state index < -0.39 is 11.9 Å². The van der Waals surface area contributed by atoms with E-state index >= 15 is 0 Å². The third kappa shape index (κ3) is 3.39. The number of amides is 2. The number of nitrogens with two attached hydrogens (primary N) is 2. The summed E-state index contributed by atoms with van der Waals surface area (Å²) in [6, 6.07) is -0.888. The van der Waals surface area contributed by atoms with Crippen molar-refractivity contribution < 1.29 is 19.1 Å². The van der Waals surface area contributed by atoms with Gasteiger partial charge in [-0.2, -0.15) is 0 Å². The first-order valence-electron chi connectivity index (χ1n) is 5.37. The Morgan fingerprint density at radius 3 is 2.12 bits per heavy atom. The van der Waals surface area contributed by atoms with Crippen molar-refractivity contribution in [2.75, 3.05) is 27.3 Å². The van der Waals surface area contributed by atoms with Crippen molar-refractivity contribution in [3.8, 4) is 0 Å². The van der Waals surface area contributed by atoms with Crippen molar-refractivity contribution in [2.24, 2.45) is 11.5 Å². The van der Waals surface area contributed by atoms with E-state index in [0.29, 0.717) is 13.1 Å². The Morgan fingerprint density at radius 1 is 1.29 bits per heavy atom. The molecule has 17 heavy (non-hydrogen) atoms. The Bertz CT molecular complexity index is 285. The molecular weight excluding hydrogens is 226 g/mol. The zero-order valence-corrected chi connectivity index (χ0v) is 10.1. The van der Waals surface area contributed by atoms with Crippen LogP contribution in [0.1, 0.15) is 6.42 Å². The molecule has 0 radical (unpaired) electrons. The van der Waals surface area contributed by atoms with Crippen molar-refractivity contribution in [3.63, 3.8) is 0 Å². The topological polar surface area (TPSA) is 108 Å². The highest BCUT2D eigenvalue weighted by Gasteiger charge is 2.37. The van der Waals surface area contributed by atoms with Gasteiger partial charge in [0.25, 0.3) is 0 Å². The summed E-state index contributed by atoms with van der Waals surface area (Å²) in [6.45, 7) is 0.834. The van der Waals surface area contributed by atoms with Crippen molar-refractivity contribution in [2.45, 2.75) is 24.7 Å². The molecule has 1 aliphatic rings. The average molecular weight is 245 g/mol. The van der Waals surface area contributed by atoms with E-state index in [-0.39, 0.29) is 24.5 Å². The Kier molecular flexibility index (Phi) is 4.86. The average Bonchev–Trinajstić information content (AvgIpc) is 2.69. The molecule has 1 heterocycles. The van der Waals surface area contributed by atoms with Gasteiger partial charge in [-0.3, -0.25) is 9.59 Å². The molecule has 0 aromatic heterocycles. The van der Waals surface area contributed by atoms with Crippen molar-refractivity contribution in [1.82, 2.24) is 4.90 Å². The van der Waals surface area contributed by atoms with Crippen LogP contribution < -0.4 is 11.5 Å². The molecule has 7 heteroatoms. The first-order valence-corrected chi connectivity index (χ1v) is 5.37. The minimum atomic E-state index is -0.888. The molecule has 3 atom stereocenters. The van der Waals surface area contributed by atoms with Gasteiger partial charge in [-0.05, 0) is 0 Å². The lowest BCUT2D eigenvalue weighted by molar-refractivity contribution is -0.134. The van der Waals surface area contributed by atoms with E-state index in [4.69, 9.17) is 20.9 Å². The number of methoxy groups -OCH3 is 2. The van der Waals surface area contributed by atoms with Crippen molar-refractivity contribution >= 4 is 11.8 Å². The summed E-state index contributed by atoms with van der Waals surface area (Å²) in [5.41, 5.74) is 10.6. The number of carbonyl (C=O) groups excluding carboxylic acids is 2. The quantitative estimate of drug-likeness (QED) is 0.586. The van der Waals surface area contributed by atoms with Gasteiger partial charge in [0, 0.05) is 27.3 Å². The predicted octanol–water partition coefficient (Wildman–Crippen LogP) is -1.94. The van der Waals surface area contributed by atoms with Crippen LogP contribution in [0.3, 0.4) is 0 Å². The summed E-state index contributed by atoms with van der Waals surface area (Å²) in [6.07, 6.45) is -0.473. The monoisotopic (exact) mass is 245 g/mol. The van der Waals surface area contributed by atoms with E-state index in [2.05, 4.69) is 0 Å². The summed E-state index contributed by atoms with van der Waals surface area (Å²) in [5.74, 6) is -0.887. The molecule has 0 aromatic carbocycles. The molecule has 7 nitrogen and oxygen atoms in total. The van der Waals surface area contributed by atoms with E-state index in [1.54, 1.807) is 14.2 Å². The fourth-order valence-corrected chi connectivity index (χ4v) is 1.92. The summed E-state index contributed by atoms with van der Waals surface area (Å²) in [7, 11) is 3.13. The van der Waals surface area contributed by atoms with E-state index in [0.717, 1.165) is 0 Å². The lowest BCUT2D eigenvalue weighted by atomic mass is 10.2. The summed E-state index contributed by atoms with van der Waals surface area (Å²) in [4.78, 5) is 24.1. The van der Waals surface area contributed by atoms with Crippen LogP contribution in [0.15, 0.2) is 0 Å². The largest absolute Gasteiger partial charge is 0.377 e. The van der Waals surface area contributed by atoms with Crippen molar-refractivity contribution in [1.29, 1.82) is 0 Å². The number of hydrogen-bond acceptors (Lipinski definition) is 5. The second kappa shape index (κ2) is 5.95. The molecule has 0 aromatic rings. The van der Waals surface area contributed by atoms with Gasteiger partial charge in [0.1, 0.15) is 12.2 Å². The number of rotatable bonds is 5. The van der Waals surface area contributed by atoms with Gasteiger partial charge < -0.3 is 25.8 Å². The molecule has 0 spiro atoms. The number of ether oxygens (including phenoxy) is 2. The lowest BCUT2D eigenvalue weighted by Gasteiger charge is -2.19. The first-order chi connectivity index (χ1) is 7.99. The van der Waals surface area contributed by atoms with Gasteiger partial charge in [0.2, 0.25) is 11.8 Å². The van der Waals surface area contributed by atoms with Crippen molar-refractivity contribution in [3.05, 3.63) is 0 Å². The van der Waals surface area contributed by atoms with Gasteiger partial charge in [0.15, 0.2) is 0 Å². The fraction of sp³-hybridized carbons (Fsp3) is 0.800. The molecule has 98 valence electrons. The van der Waals surface area contributed by atoms with Crippen LogP contribution in [-0.4, -0.2) is 62.3 Å². The van der Waals surface area contributed by atoms with Gasteiger partial charge in [-0.15, -0.1) is 0 Å². The number of hydrogen-bond donors (Lipinski definition) is 2. The normalized spacial score (nSPS) is 25.9. The molecule has 4 N–H and O–H groups in total. The Hall–Kier alpha value is -1.18. The second-order valence-electron chi connectivity index (χ2n) is 4.07. The molecule has 0 bridgehead atoms. The molecule has 3 unspecified atom stereocenters.